The Bertz CT molecular complexity index is 861. The predicted molar refractivity (Wildman–Crippen MR) is 132 cm³/mol. The molecule has 0 spiro atoms. The smallest absolute Gasteiger partial charge is 0.410 e. The maximum absolute atomic E-state index is 13.1. The number of imide groups is 1. The van der Waals surface area contributed by atoms with Crippen LogP contribution in [-0.4, -0.2) is 100 Å². The number of carbonyl (C=O) groups is 4. The van der Waals surface area contributed by atoms with E-state index in [1.54, 1.807) is 4.90 Å². The summed E-state index contributed by atoms with van der Waals surface area (Å²) in [6.07, 6.45) is 1.54. The maximum Gasteiger partial charge on any atom is 0.410 e. The number of ether oxygens (including phenoxy) is 1. The van der Waals surface area contributed by atoms with Crippen molar-refractivity contribution in [3.63, 3.8) is 0 Å². The van der Waals surface area contributed by atoms with Gasteiger partial charge in [-0.3, -0.25) is 4.79 Å². The summed E-state index contributed by atoms with van der Waals surface area (Å²) in [5, 5.41) is 9.82. The number of urea groups is 1. The van der Waals surface area contributed by atoms with Crippen molar-refractivity contribution in [3.05, 3.63) is 12.4 Å². The second-order valence-corrected chi connectivity index (χ2v) is 10.9. The highest BCUT2D eigenvalue weighted by Gasteiger charge is 2.56. The number of hydrogen-bond donors (Lipinski definition) is 2. The third kappa shape index (κ3) is 5.87. The summed E-state index contributed by atoms with van der Waals surface area (Å²) in [7, 11) is 0. The van der Waals surface area contributed by atoms with E-state index in [1.807, 2.05) is 32.6 Å². The van der Waals surface area contributed by atoms with Gasteiger partial charge in [-0.1, -0.05) is 34.3 Å². The molecular weight excluding hydrogens is 466 g/mol. The molecule has 0 aromatic carbocycles. The molecule has 3 fully saturated rings. The zero-order valence-electron chi connectivity index (χ0n) is 21.9. The molecule has 11 nitrogen and oxygen atoms in total. The van der Waals surface area contributed by atoms with Crippen LogP contribution >= 0.6 is 0 Å². The predicted octanol–water partition coefficient (Wildman–Crippen LogP) is 1.98. The number of carbonyl (C=O) groups excluding carboxylic acids is 3. The SMILES string of the molecule is C=C(N)N1CCCC(C[C@H]2C(=O)N(C(=O)N3CCN(C(=O)OC(C(C)C)C(C)C)CC3)C2C(=O)O)C1. The first kappa shape index (κ1) is 27.6. The van der Waals surface area contributed by atoms with Crippen LogP contribution in [0.25, 0.3) is 0 Å². The van der Waals surface area contributed by atoms with Crippen LogP contribution in [0.5, 0.6) is 0 Å². The van der Waals surface area contributed by atoms with Gasteiger partial charge >= 0.3 is 18.1 Å². The minimum absolute atomic E-state index is 0.113. The first-order valence-electron chi connectivity index (χ1n) is 12.9. The molecule has 3 aliphatic rings. The first-order valence-corrected chi connectivity index (χ1v) is 12.9. The summed E-state index contributed by atoms with van der Waals surface area (Å²) in [6.45, 7) is 14.2. The van der Waals surface area contributed by atoms with Gasteiger partial charge in [0.15, 0.2) is 6.04 Å². The molecule has 3 aliphatic heterocycles. The molecule has 3 atom stereocenters. The van der Waals surface area contributed by atoms with Crippen molar-refractivity contribution < 1.29 is 29.0 Å². The van der Waals surface area contributed by atoms with Crippen molar-refractivity contribution in [1.29, 1.82) is 0 Å². The molecule has 0 saturated carbocycles. The Hall–Kier alpha value is -2.98. The van der Waals surface area contributed by atoms with E-state index in [4.69, 9.17) is 10.5 Å². The van der Waals surface area contributed by atoms with Gasteiger partial charge in [0.1, 0.15) is 6.10 Å². The molecule has 2 unspecified atom stereocenters. The lowest BCUT2D eigenvalue weighted by molar-refractivity contribution is -0.167. The molecule has 3 rings (SSSR count). The molecule has 11 heteroatoms. The van der Waals surface area contributed by atoms with Crippen molar-refractivity contribution in [2.75, 3.05) is 39.3 Å². The molecule has 3 heterocycles. The lowest BCUT2D eigenvalue weighted by atomic mass is 9.78. The summed E-state index contributed by atoms with van der Waals surface area (Å²) in [5.74, 6) is -1.42. The number of carboxylic acid groups (broad SMARTS) is 1. The topological polar surface area (TPSA) is 137 Å². The fraction of sp³-hybridized carbons (Fsp3) is 0.760. The maximum atomic E-state index is 13.1. The zero-order valence-corrected chi connectivity index (χ0v) is 21.9. The number of nitrogens with zero attached hydrogens (tertiary/aromatic N) is 4. The van der Waals surface area contributed by atoms with E-state index in [0.717, 1.165) is 24.3 Å². The van der Waals surface area contributed by atoms with E-state index in [2.05, 4.69) is 6.58 Å². The summed E-state index contributed by atoms with van der Waals surface area (Å²) in [4.78, 5) is 56.5. The van der Waals surface area contributed by atoms with Crippen LogP contribution in [0, 0.1) is 23.7 Å². The van der Waals surface area contributed by atoms with E-state index in [9.17, 15) is 24.3 Å². The molecule has 3 saturated heterocycles. The van der Waals surface area contributed by atoms with Gasteiger partial charge in [-0.2, -0.15) is 0 Å². The number of nitrogens with two attached hydrogens (primary N) is 1. The Kier molecular flexibility index (Phi) is 8.73. The second-order valence-electron chi connectivity index (χ2n) is 10.9. The summed E-state index contributed by atoms with van der Waals surface area (Å²) < 4.78 is 5.69. The number of rotatable bonds is 7. The van der Waals surface area contributed by atoms with Gasteiger partial charge in [0, 0.05) is 39.3 Å². The summed E-state index contributed by atoms with van der Waals surface area (Å²) >= 11 is 0. The molecule has 0 bridgehead atoms. The summed E-state index contributed by atoms with van der Waals surface area (Å²) in [5.41, 5.74) is 5.81. The normalized spacial score (nSPS) is 24.9. The van der Waals surface area contributed by atoms with Gasteiger partial charge in [-0.15, -0.1) is 0 Å². The van der Waals surface area contributed by atoms with Crippen LogP contribution in [0.1, 0.15) is 47.0 Å². The van der Waals surface area contributed by atoms with Crippen molar-refractivity contribution in [3.8, 4) is 0 Å². The third-order valence-corrected chi connectivity index (χ3v) is 7.54. The quantitative estimate of drug-likeness (QED) is 0.499. The van der Waals surface area contributed by atoms with Crippen molar-refractivity contribution in [2.24, 2.45) is 29.4 Å². The number of amides is 4. The lowest BCUT2D eigenvalue weighted by Crippen LogP contribution is -2.70. The van der Waals surface area contributed by atoms with E-state index in [1.165, 1.54) is 4.90 Å². The van der Waals surface area contributed by atoms with Gasteiger partial charge in [0.25, 0.3) is 0 Å². The standard InChI is InChI=1S/C25H41N5O6/c1-15(2)21(16(3)4)36-25(35)28-11-9-27(10-12-28)24(34)30-20(23(32)33)19(22(30)31)13-18-7-6-8-29(14-18)17(5)26/h15-16,18-21H,5-14,26H2,1-4H3,(H,32,33)/t18?,19-,20?/m1/s1. The Morgan fingerprint density at radius 2 is 1.61 bits per heavy atom. The number of β-lactam (4-membered cyclic amide) rings is 1. The minimum Gasteiger partial charge on any atom is -0.480 e. The van der Waals surface area contributed by atoms with Crippen molar-refractivity contribution in [1.82, 2.24) is 19.6 Å². The van der Waals surface area contributed by atoms with Crippen LogP contribution in [0.3, 0.4) is 0 Å². The molecule has 3 N–H and O–H groups in total. The Morgan fingerprint density at radius 1 is 1.03 bits per heavy atom. The fourth-order valence-electron chi connectivity index (χ4n) is 5.62. The second kappa shape index (κ2) is 11.4. The molecular formula is C25H41N5O6. The van der Waals surface area contributed by atoms with Gasteiger partial charge in [-0.05, 0) is 37.0 Å². The average molecular weight is 508 g/mol. The number of piperazine rings is 1. The van der Waals surface area contributed by atoms with Gasteiger partial charge in [-0.25, -0.2) is 19.3 Å². The molecule has 4 amide bonds. The fourth-order valence-corrected chi connectivity index (χ4v) is 5.62. The number of piperidine rings is 1. The summed E-state index contributed by atoms with van der Waals surface area (Å²) in [6, 6.07) is -1.79. The minimum atomic E-state index is -1.18. The monoisotopic (exact) mass is 507 g/mol. The van der Waals surface area contributed by atoms with Gasteiger partial charge in [0.2, 0.25) is 5.91 Å². The van der Waals surface area contributed by atoms with Crippen LogP contribution in [0.15, 0.2) is 12.4 Å². The highest BCUT2D eigenvalue weighted by atomic mass is 16.6. The molecule has 0 aromatic rings. The van der Waals surface area contributed by atoms with E-state index >= 15 is 0 Å². The van der Waals surface area contributed by atoms with Gasteiger partial charge < -0.3 is 30.3 Å². The molecule has 0 aliphatic carbocycles. The van der Waals surface area contributed by atoms with Crippen LogP contribution in [-0.2, 0) is 14.3 Å². The van der Waals surface area contributed by atoms with E-state index in [-0.39, 0.29) is 50.0 Å². The Labute approximate surface area is 213 Å². The lowest BCUT2D eigenvalue weighted by Gasteiger charge is -2.47. The van der Waals surface area contributed by atoms with Crippen molar-refractivity contribution >= 4 is 24.0 Å². The largest absolute Gasteiger partial charge is 0.480 e. The first-order chi connectivity index (χ1) is 16.9. The number of aliphatic carboxylic acids is 1. The van der Waals surface area contributed by atoms with Crippen molar-refractivity contribution in [2.45, 2.75) is 59.1 Å². The van der Waals surface area contributed by atoms with E-state index in [0.29, 0.717) is 18.8 Å². The third-order valence-electron chi connectivity index (χ3n) is 7.54. The zero-order chi connectivity index (χ0) is 26.7. The van der Waals surface area contributed by atoms with Crippen LogP contribution in [0.4, 0.5) is 9.59 Å². The number of likely N-dealkylation sites (tertiary alicyclic amines) is 2. The molecule has 0 radical (unpaired) electrons. The number of hydrogen-bond acceptors (Lipinski definition) is 7. The van der Waals surface area contributed by atoms with Gasteiger partial charge in [0.05, 0.1) is 11.7 Å². The number of carboxylic acids is 1. The highest BCUT2D eigenvalue weighted by Crippen LogP contribution is 2.36. The molecule has 0 aromatic heterocycles. The molecule has 36 heavy (non-hydrogen) atoms. The average Bonchev–Trinajstić information content (AvgIpc) is 2.83. The Balaban J connectivity index is 1.56. The van der Waals surface area contributed by atoms with Crippen LogP contribution in [0.2, 0.25) is 0 Å². The van der Waals surface area contributed by atoms with Crippen LogP contribution < -0.4 is 5.73 Å². The Morgan fingerprint density at radius 3 is 2.14 bits per heavy atom. The highest BCUT2D eigenvalue weighted by molar-refractivity contribution is 6.07. The molecule has 202 valence electrons. The van der Waals surface area contributed by atoms with E-state index < -0.39 is 36.0 Å².